The van der Waals surface area contributed by atoms with Gasteiger partial charge in [0, 0.05) is 19.0 Å². The highest BCUT2D eigenvalue weighted by molar-refractivity contribution is 7.99. The van der Waals surface area contributed by atoms with E-state index in [1.54, 1.807) is 0 Å². The van der Waals surface area contributed by atoms with Crippen LogP contribution in [-0.2, 0) is 4.74 Å². The summed E-state index contributed by atoms with van der Waals surface area (Å²) >= 11 is 1.87. The van der Waals surface area contributed by atoms with Crippen LogP contribution in [0, 0.1) is 11.8 Å². The topological polar surface area (TPSA) is 29.5 Å². The van der Waals surface area contributed by atoms with Crippen molar-refractivity contribution in [2.45, 2.75) is 12.5 Å². The summed E-state index contributed by atoms with van der Waals surface area (Å²) in [5.41, 5.74) is 0. The first-order valence-corrected chi connectivity index (χ1v) is 5.37. The zero-order chi connectivity index (χ0) is 7.68. The Kier molecular flexibility index (Phi) is 2.39. The van der Waals surface area contributed by atoms with Gasteiger partial charge in [-0.1, -0.05) is 0 Å². The highest BCUT2D eigenvalue weighted by atomic mass is 32.2. The lowest BCUT2D eigenvalue weighted by Gasteiger charge is -2.18. The molecule has 0 aromatic carbocycles. The molecule has 0 aliphatic carbocycles. The summed E-state index contributed by atoms with van der Waals surface area (Å²) in [7, 11) is 0. The molecule has 2 nitrogen and oxygen atoms in total. The Morgan fingerprint density at radius 2 is 2.27 bits per heavy atom. The van der Waals surface area contributed by atoms with Gasteiger partial charge in [0.05, 0.1) is 6.10 Å². The van der Waals surface area contributed by atoms with Gasteiger partial charge in [0.2, 0.25) is 0 Å². The maximum atomic E-state index is 9.57. The van der Waals surface area contributed by atoms with Crippen molar-refractivity contribution in [2.24, 2.45) is 11.8 Å². The molecule has 3 atom stereocenters. The van der Waals surface area contributed by atoms with E-state index in [1.807, 2.05) is 11.8 Å². The van der Waals surface area contributed by atoms with Gasteiger partial charge in [-0.05, 0) is 24.0 Å². The molecule has 0 radical (unpaired) electrons. The maximum absolute atomic E-state index is 9.57. The van der Waals surface area contributed by atoms with Crippen molar-refractivity contribution >= 4 is 11.8 Å². The minimum atomic E-state index is -0.0632. The molecule has 2 aliphatic heterocycles. The molecule has 2 heterocycles. The second-order valence-corrected chi connectivity index (χ2v) is 4.47. The molecular formula is C8H14O2S. The molecule has 2 rings (SSSR count). The number of thioether (sulfide) groups is 1. The van der Waals surface area contributed by atoms with Crippen molar-refractivity contribution in [3.05, 3.63) is 0 Å². The standard InChI is InChI=1S/C8H14O2S/c9-8-5-11-4-7(8)6-1-2-10-3-6/h6-9H,1-5H2. The maximum Gasteiger partial charge on any atom is 0.0670 e. The second kappa shape index (κ2) is 3.33. The Bertz CT molecular complexity index is 134. The Hall–Kier alpha value is 0.270. The Balaban J connectivity index is 1.92. The van der Waals surface area contributed by atoms with E-state index in [-0.39, 0.29) is 6.10 Å². The number of rotatable bonds is 1. The molecule has 11 heavy (non-hydrogen) atoms. The van der Waals surface area contributed by atoms with E-state index in [1.165, 1.54) is 0 Å². The molecule has 0 amide bonds. The Labute approximate surface area is 71.3 Å². The predicted molar refractivity (Wildman–Crippen MR) is 45.7 cm³/mol. The molecule has 3 unspecified atom stereocenters. The third-order valence-corrected chi connectivity index (χ3v) is 3.86. The van der Waals surface area contributed by atoms with Crippen molar-refractivity contribution in [2.75, 3.05) is 24.7 Å². The van der Waals surface area contributed by atoms with Gasteiger partial charge >= 0.3 is 0 Å². The van der Waals surface area contributed by atoms with Gasteiger partial charge in [-0.3, -0.25) is 0 Å². The van der Waals surface area contributed by atoms with Crippen LogP contribution < -0.4 is 0 Å². The molecule has 0 aromatic heterocycles. The van der Waals surface area contributed by atoms with E-state index in [4.69, 9.17) is 4.74 Å². The zero-order valence-corrected chi connectivity index (χ0v) is 7.35. The van der Waals surface area contributed by atoms with Gasteiger partial charge in [0.25, 0.3) is 0 Å². The third-order valence-electron chi connectivity index (χ3n) is 2.66. The second-order valence-electron chi connectivity index (χ2n) is 3.39. The van der Waals surface area contributed by atoms with Gasteiger partial charge in [-0.25, -0.2) is 0 Å². The largest absolute Gasteiger partial charge is 0.392 e. The van der Waals surface area contributed by atoms with Crippen LogP contribution in [0.3, 0.4) is 0 Å². The molecule has 0 bridgehead atoms. The lowest BCUT2D eigenvalue weighted by Crippen LogP contribution is -2.26. The van der Waals surface area contributed by atoms with Gasteiger partial charge in [0.1, 0.15) is 0 Å². The van der Waals surface area contributed by atoms with Crippen LogP contribution in [0.15, 0.2) is 0 Å². The van der Waals surface area contributed by atoms with Crippen LogP contribution in [0.2, 0.25) is 0 Å². The molecule has 0 spiro atoms. The zero-order valence-electron chi connectivity index (χ0n) is 6.53. The molecule has 2 fully saturated rings. The van der Waals surface area contributed by atoms with Crippen molar-refractivity contribution in [3.8, 4) is 0 Å². The predicted octanol–water partition coefficient (Wildman–Crippen LogP) is 0.747. The number of hydrogen-bond acceptors (Lipinski definition) is 3. The van der Waals surface area contributed by atoms with Crippen molar-refractivity contribution in [1.82, 2.24) is 0 Å². The van der Waals surface area contributed by atoms with Crippen molar-refractivity contribution in [1.29, 1.82) is 0 Å². The van der Waals surface area contributed by atoms with E-state index in [0.29, 0.717) is 11.8 Å². The first-order chi connectivity index (χ1) is 5.38. The SMILES string of the molecule is OC1CSCC1C1CCOC1. The highest BCUT2D eigenvalue weighted by Crippen LogP contribution is 2.34. The molecule has 1 N–H and O–H groups in total. The fourth-order valence-electron chi connectivity index (χ4n) is 1.90. The monoisotopic (exact) mass is 174 g/mol. The summed E-state index contributed by atoms with van der Waals surface area (Å²) in [4.78, 5) is 0. The van der Waals surface area contributed by atoms with Gasteiger partial charge in [-0.2, -0.15) is 11.8 Å². The molecule has 3 heteroatoms. The molecule has 64 valence electrons. The fourth-order valence-corrected chi connectivity index (χ4v) is 3.29. The van der Waals surface area contributed by atoms with Gasteiger partial charge in [0.15, 0.2) is 0 Å². The molecular weight excluding hydrogens is 160 g/mol. The summed E-state index contributed by atoms with van der Waals surface area (Å²) in [5, 5.41) is 9.57. The summed E-state index contributed by atoms with van der Waals surface area (Å²) < 4.78 is 5.30. The van der Waals surface area contributed by atoms with Crippen LogP contribution in [0.25, 0.3) is 0 Å². The lowest BCUT2D eigenvalue weighted by molar-refractivity contribution is 0.101. The minimum Gasteiger partial charge on any atom is -0.392 e. The molecule has 2 aliphatic rings. The van der Waals surface area contributed by atoms with Gasteiger partial charge in [-0.15, -0.1) is 0 Å². The van der Waals surface area contributed by atoms with Crippen LogP contribution >= 0.6 is 11.8 Å². The fraction of sp³-hybridized carbons (Fsp3) is 1.00. The molecule has 0 aromatic rings. The molecule has 2 saturated heterocycles. The number of aliphatic hydroxyl groups excluding tert-OH is 1. The van der Waals surface area contributed by atoms with Crippen LogP contribution in [0.1, 0.15) is 6.42 Å². The number of ether oxygens (including phenoxy) is 1. The van der Waals surface area contributed by atoms with Crippen LogP contribution in [-0.4, -0.2) is 35.9 Å². The van der Waals surface area contributed by atoms with Crippen molar-refractivity contribution in [3.63, 3.8) is 0 Å². The van der Waals surface area contributed by atoms with Crippen LogP contribution in [0.4, 0.5) is 0 Å². The van der Waals surface area contributed by atoms with E-state index in [0.717, 1.165) is 31.1 Å². The average molecular weight is 174 g/mol. The Morgan fingerprint density at radius 3 is 2.82 bits per heavy atom. The first kappa shape index (κ1) is 7.90. The molecule has 0 saturated carbocycles. The average Bonchev–Trinajstić information content (AvgIpc) is 2.55. The normalized spacial score (nSPS) is 45.0. The summed E-state index contributed by atoms with van der Waals surface area (Å²) in [5.74, 6) is 3.22. The lowest BCUT2D eigenvalue weighted by atomic mass is 9.89. The van der Waals surface area contributed by atoms with Crippen molar-refractivity contribution < 1.29 is 9.84 Å². The number of hydrogen-bond donors (Lipinski definition) is 1. The Morgan fingerprint density at radius 1 is 1.36 bits per heavy atom. The number of aliphatic hydroxyl groups is 1. The summed E-state index contributed by atoms with van der Waals surface area (Å²) in [6, 6.07) is 0. The summed E-state index contributed by atoms with van der Waals surface area (Å²) in [6.07, 6.45) is 1.09. The third kappa shape index (κ3) is 1.55. The summed E-state index contributed by atoms with van der Waals surface area (Å²) in [6.45, 7) is 1.78. The van der Waals surface area contributed by atoms with E-state index in [2.05, 4.69) is 0 Å². The smallest absolute Gasteiger partial charge is 0.0670 e. The minimum absolute atomic E-state index is 0.0632. The van der Waals surface area contributed by atoms with Crippen LogP contribution in [0.5, 0.6) is 0 Å². The van der Waals surface area contributed by atoms with Gasteiger partial charge < -0.3 is 9.84 Å². The quantitative estimate of drug-likeness (QED) is 0.636. The van der Waals surface area contributed by atoms with E-state index in [9.17, 15) is 5.11 Å². The highest BCUT2D eigenvalue weighted by Gasteiger charge is 2.34. The van der Waals surface area contributed by atoms with E-state index < -0.39 is 0 Å². The first-order valence-electron chi connectivity index (χ1n) is 4.21. The van der Waals surface area contributed by atoms with E-state index >= 15 is 0 Å².